The molecule has 9 heteroatoms. The number of allylic oxidation sites excluding steroid dienone is 2. The van der Waals surface area contributed by atoms with Crippen LogP contribution in [-0.4, -0.2) is 9.78 Å². The van der Waals surface area contributed by atoms with E-state index in [0.717, 1.165) is 48.1 Å². The lowest BCUT2D eigenvalue weighted by Crippen LogP contribution is -2.09. The van der Waals surface area contributed by atoms with Crippen LogP contribution in [0.2, 0.25) is 10.0 Å². The molecule has 0 unspecified atom stereocenters. The van der Waals surface area contributed by atoms with Gasteiger partial charge in [-0.25, -0.2) is 4.68 Å². The fourth-order valence-electron chi connectivity index (χ4n) is 2.99. The summed E-state index contributed by atoms with van der Waals surface area (Å²) in [5.74, 6) is 0.123. The second kappa shape index (κ2) is 6.86. The largest absolute Gasteiger partial charge is 0.416 e. The van der Waals surface area contributed by atoms with Crippen LogP contribution in [0.25, 0.3) is 11.3 Å². The number of nitriles is 1. The van der Waals surface area contributed by atoms with E-state index in [1.54, 1.807) is 0 Å². The van der Waals surface area contributed by atoms with Crippen molar-refractivity contribution in [2.75, 3.05) is 5.73 Å². The average molecular weight is 401 g/mol. The Bertz CT molecular complexity index is 916. The topological polar surface area (TPSA) is 67.6 Å². The second-order valence-electron chi connectivity index (χ2n) is 5.89. The zero-order valence-corrected chi connectivity index (χ0v) is 14.9. The van der Waals surface area contributed by atoms with Gasteiger partial charge in [0.2, 0.25) is 0 Å². The lowest BCUT2D eigenvalue weighted by atomic mass is 9.93. The van der Waals surface area contributed by atoms with Crippen LogP contribution in [0.5, 0.6) is 0 Å². The maximum Gasteiger partial charge on any atom is 0.416 e. The molecule has 0 bridgehead atoms. The highest BCUT2D eigenvalue weighted by molar-refractivity contribution is 6.38. The molecule has 0 amide bonds. The number of hydrogen-bond donors (Lipinski definition) is 1. The molecule has 136 valence electrons. The number of anilines is 1. The van der Waals surface area contributed by atoms with Crippen molar-refractivity contribution in [1.82, 2.24) is 9.78 Å². The Labute approximate surface area is 157 Å². The van der Waals surface area contributed by atoms with Gasteiger partial charge in [-0.15, -0.1) is 0 Å². The fraction of sp³-hybridized carbons (Fsp3) is 0.294. The highest BCUT2D eigenvalue weighted by Gasteiger charge is 2.33. The van der Waals surface area contributed by atoms with E-state index < -0.39 is 11.7 Å². The second-order valence-corrected chi connectivity index (χ2v) is 6.71. The number of rotatable bonds is 2. The summed E-state index contributed by atoms with van der Waals surface area (Å²) in [7, 11) is 0. The molecule has 1 aromatic carbocycles. The third-order valence-electron chi connectivity index (χ3n) is 4.20. The molecular weight excluding hydrogens is 388 g/mol. The summed E-state index contributed by atoms with van der Waals surface area (Å²) in [4.78, 5) is 0. The summed E-state index contributed by atoms with van der Waals surface area (Å²) in [5.41, 5.74) is 6.68. The van der Waals surface area contributed by atoms with E-state index in [2.05, 4.69) is 5.10 Å². The molecule has 0 radical (unpaired) electrons. The molecule has 1 aliphatic carbocycles. The Hall–Kier alpha value is -2.17. The number of nitrogens with zero attached hydrogens (tertiary/aromatic N) is 3. The number of nitrogens with two attached hydrogens (primary N) is 1. The molecule has 0 aliphatic heterocycles. The van der Waals surface area contributed by atoms with Gasteiger partial charge in [0.15, 0.2) is 5.69 Å². The molecule has 2 aromatic rings. The van der Waals surface area contributed by atoms with E-state index in [9.17, 15) is 18.4 Å². The van der Waals surface area contributed by atoms with Gasteiger partial charge in [0, 0.05) is 0 Å². The van der Waals surface area contributed by atoms with Crippen molar-refractivity contribution in [3.63, 3.8) is 0 Å². The first kappa shape index (κ1) is 18.6. The Kier molecular flexibility index (Phi) is 4.91. The molecule has 1 aromatic heterocycles. The maximum absolute atomic E-state index is 12.9. The minimum Gasteiger partial charge on any atom is -0.383 e. The molecule has 0 saturated heterocycles. The Morgan fingerprint density at radius 3 is 2.35 bits per heavy atom. The molecule has 0 spiro atoms. The van der Waals surface area contributed by atoms with Crippen molar-refractivity contribution in [2.45, 2.75) is 31.9 Å². The first-order chi connectivity index (χ1) is 12.2. The third kappa shape index (κ3) is 3.27. The lowest BCUT2D eigenvalue weighted by molar-refractivity contribution is -0.137. The minimum atomic E-state index is -4.59. The van der Waals surface area contributed by atoms with E-state index in [4.69, 9.17) is 28.9 Å². The van der Waals surface area contributed by atoms with Crippen LogP contribution in [0.15, 0.2) is 18.2 Å². The quantitative estimate of drug-likeness (QED) is 0.712. The number of hydrogen-bond acceptors (Lipinski definition) is 3. The molecule has 0 fully saturated rings. The van der Waals surface area contributed by atoms with Gasteiger partial charge in [-0.3, -0.25) is 0 Å². The molecule has 2 N–H and O–H groups in total. The fourth-order valence-corrected chi connectivity index (χ4v) is 3.64. The molecule has 1 heterocycles. The van der Waals surface area contributed by atoms with Crippen LogP contribution in [0.3, 0.4) is 0 Å². The van der Waals surface area contributed by atoms with Crippen molar-refractivity contribution in [3.05, 3.63) is 45.1 Å². The number of benzene rings is 1. The lowest BCUT2D eigenvalue weighted by Gasteiger charge is -2.14. The summed E-state index contributed by atoms with van der Waals surface area (Å²) in [5, 5.41) is 13.0. The number of halogens is 5. The summed E-state index contributed by atoms with van der Waals surface area (Å²) in [6.45, 7) is 0. The molecule has 26 heavy (non-hydrogen) atoms. The number of nitrogen functional groups attached to an aromatic ring is 1. The summed E-state index contributed by atoms with van der Waals surface area (Å²) in [6.07, 6.45) is 1.04. The third-order valence-corrected chi connectivity index (χ3v) is 4.77. The smallest absolute Gasteiger partial charge is 0.383 e. The number of aromatic nitrogens is 2. The maximum atomic E-state index is 12.9. The van der Waals surface area contributed by atoms with E-state index >= 15 is 0 Å². The van der Waals surface area contributed by atoms with Crippen molar-refractivity contribution in [3.8, 4) is 11.8 Å². The van der Waals surface area contributed by atoms with Crippen molar-refractivity contribution in [1.29, 1.82) is 5.26 Å². The van der Waals surface area contributed by atoms with E-state index in [1.807, 2.05) is 12.1 Å². The molecular formula is C17H13Cl2F3N4. The SMILES string of the molecule is N#Cc1nn(-c2c(Cl)cc(C(F)(F)F)cc2Cl)c(N)c1C1=CCCCC1. The highest BCUT2D eigenvalue weighted by Crippen LogP contribution is 2.40. The van der Waals surface area contributed by atoms with Crippen LogP contribution in [0.4, 0.5) is 19.0 Å². The predicted molar refractivity (Wildman–Crippen MR) is 94.2 cm³/mol. The molecule has 4 nitrogen and oxygen atoms in total. The molecule has 0 atom stereocenters. The van der Waals surface area contributed by atoms with E-state index in [1.165, 1.54) is 0 Å². The Morgan fingerprint density at radius 2 is 1.85 bits per heavy atom. The zero-order chi connectivity index (χ0) is 19.1. The summed E-state index contributed by atoms with van der Waals surface area (Å²) >= 11 is 12.1. The van der Waals surface area contributed by atoms with Crippen molar-refractivity contribution in [2.24, 2.45) is 0 Å². The van der Waals surface area contributed by atoms with Crippen LogP contribution >= 0.6 is 23.2 Å². The van der Waals surface area contributed by atoms with Crippen LogP contribution in [0.1, 0.15) is 42.5 Å². The average Bonchev–Trinajstić information content (AvgIpc) is 2.91. The molecule has 3 rings (SSSR count). The van der Waals surface area contributed by atoms with Gasteiger partial charge < -0.3 is 5.73 Å². The van der Waals surface area contributed by atoms with E-state index in [-0.39, 0.29) is 27.2 Å². The first-order valence-electron chi connectivity index (χ1n) is 7.78. The highest BCUT2D eigenvalue weighted by atomic mass is 35.5. The van der Waals surface area contributed by atoms with Gasteiger partial charge in [-0.2, -0.15) is 23.5 Å². The Balaban J connectivity index is 2.19. The van der Waals surface area contributed by atoms with Crippen LogP contribution in [-0.2, 0) is 6.18 Å². The van der Waals surface area contributed by atoms with Gasteiger partial charge in [0.05, 0.1) is 21.2 Å². The van der Waals surface area contributed by atoms with Gasteiger partial charge >= 0.3 is 6.18 Å². The number of alkyl halides is 3. The summed E-state index contributed by atoms with van der Waals surface area (Å²) in [6, 6.07) is 3.50. The van der Waals surface area contributed by atoms with E-state index in [0.29, 0.717) is 5.56 Å². The Morgan fingerprint density at radius 1 is 1.19 bits per heavy atom. The molecule has 0 saturated carbocycles. The van der Waals surface area contributed by atoms with Crippen LogP contribution < -0.4 is 5.73 Å². The minimum absolute atomic E-state index is 0.0120. The predicted octanol–water partition coefficient (Wildman–Crippen LogP) is 5.61. The summed E-state index contributed by atoms with van der Waals surface area (Å²) < 4.78 is 39.9. The normalized spacial score (nSPS) is 14.8. The van der Waals surface area contributed by atoms with Gasteiger partial charge in [-0.1, -0.05) is 29.3 Å². The van der Waals surface area contributed by atoms with Gasteiger partial charge in [0.25, 0.3) is 0 Å². The standard InChI is InChI=1S/C17H13Cl2F3N4/c18-11-6-10(17(20,21)22)7-12(19)15(11)26-16(24)14(13(8-23)25-26)9-4-2-1-3-5-9/h4,6-7H,1-3,5,24H2. The van der Waals surface area contributed by atoms with Gasteiger partial charge in [-0.05, 0) is 43.4 Å². The first-order valence-corrected chi connectivity index (χ1v) is 8.54. The monoisotopic (exact) mass is 400 g/mol. The zero-order valence-electron chi connectivity index (χ0n) is 13.4. The van der Waals surface area contributed by atoms with Crippen molar-refractivity contribution >= 4 is 34.6 Å². The van der Waals surface area contributed by atoms with Gasteiger partial charge in [0.1, 0.15) is 17.6 Å². The van der Waals surface area contributed by atoms with Crippen LogP contribution in [0, 0.1) is 11.3 Å². The van der Waals surface area contributed by atoms with Crippen molar-refractivity contribution < 1.29 is 13.2 Å². The molecule has 1 aliphatic rings.